The van der Waals surface area contributed by atoms with Crippen molar-refractivity contribution in [3.63, 3.8) is 0 Å². The van der Waals surface area contributed by atoms with Gasteiger partial charge in [-0.15, -0.1) is 11.3 Å². The van der Waals surface area contributed by atoms with Gasteiger partial charge >= 0.3 is 0 Å². The van der Waals surface area contributed by atoms with Gasteiger partial charge in [-0.3, -0.25) is 0 Å². The monoisotopic (exact) mass is 798 g/mol. The quantitative estimate of drug-likeness (QED) is 0.157. The molecule has 13 rings (SSSR count). The zero-order chi connectivity index (χ0) is 40.0. The van der Waals surface area contributed by atoms with E-state index in [9.17, 15) is 0 Å². The number of para-hydroxylation sites is 4. The Hall–Kier alpha value is -7.86. The second-order valence-electron chi connectivity index (χ2n) is 15.7. The van der Waals surface area contributed by atoms with Crippen LogP contribution in [0.4, 0.5) is 34.1 Å². The summed E-state index contributed by atoms with van der Waals surface area (Å²) in [5.74, 6) is 0. The lowest BCUT2D eigenvalue weighted by atomic mass is 9.99. The van der Waals surface area contributed by atoms with Crippen molar-refractivity contribution in [1.82, 2.24) is 0 Å². The van der Waals surface area contributed by atoms with Crippen molar-refractivity contribution in [3.8, 4) is 0 Å². The highest BCUT2D eigenvalue weighted by atomic mass is 32.1. The minimum Gasteiger partial charge on any atom is -0.456 e. The molecule has 0 radical (unpaired) electrons. The van der Waals surface area contributed by atoms with Gasteiger partial charge in [0.1, 0.15) is 22.3 Å². The summed E-state index contributed by atoms with van der Waals surface area (Å²) in [6.45, 7) is 0. The molecular formula is C56H34N2O2S. The molecular weight excluding hydrogens is 765 g/mol. The van der Waals surface area contributed by atoms with Crippen molar-refractivity contribution >= 4 is 131 Å². The van der Waals surface area contributed by atoms with Crippen LogP contribution in [0.15, 0.2) is 215 Å². The summed E-state index contributed by atoms with van der Waals surface area (Å²) in [5, 5.41) is 11.9. The van der Waals surface area contributed by atoms with Crippen LogP contribution in [0.25, 0.3) is 85.6 Å². The summed E-state index contributed by atoms with van der Waals surface area (Å²) < 4.78 is 15.5. The first-order chi connectivity index (χ1) is 30.2. The minimum atomic E-state index is 0.852. The van der Waals surface area contributed by atoms with E-state index in [0.29, 0.717) is 0 Å². The molecule has 0 amide bonds. The van der Waals surface area contributed by atoms with Crippen LogP contribution in [-0.2, 0) is 0 Å². The van der Waals surface area contributed by atoms with E-state index in [1.807, 2.05) is 35.6 Å². The van der Waals surface area contributed by atoms with Gasteiger partial charge in [0.25, 0.3) is 0 Å². The smallest absolute Gasteiger partial charge is 0.137 e. The number of nitrogens with zero attached hydrogens (tertiary/aromatic N) is 2. The highest BCUT2D eigenvalue weighted by Crippen LogP contribution is 2.51. The fourth-order valence-electron chi connectivity index (χ4n) is 9.46. The van der Waals surface area contributed by atoms with Gasteiger partial charge in [0, 0.05) is 87.7 Å². The molecule has 3 aromatic heterocycles. The highest BCUT2D eigenvalue weighted by Gasteiger charge is 2.25. The van der Waals surface area contributed by atoms with Crippen molar-refractivity contribution in [2.45, 2.75) is 0 Å². The molecule has 4 nitrogen and oxygen atoms in total. The molecule has 0 aliphatic carbocycles. The van der Waals surface area contributed by atoms with Gasteiger partial charge in [0.15, 0.2) is 0 Å². The third-order valence-corrected chi connectivity index (χ3v) is 13.3. The van der Waals surface area contributed by atoms with E-state index in [0.717, 1.165) is 78.0 Å². The first kappa shape index (κ1) is 34.0. The molecule has 0 fully saturated rings. The van der Waals surface area contributed by atoms with Gasteiger partial charge < -0.3 is 18.6 Å². The molecule has 0 N–H and O–H groups in total. The van der Waals surface area contributed by atoms with Crippen LogP contribution in [0, 0.1) is 0 Å². The Labute approximate surface area is 354 Å². The third-order valence-electron chi connectivity index (χ3n) is 12.2. The van der Waals surface area contributed by atoms with Crippen LogP contribution in [-0.4, -0.2) is 0 Å². The van der Waals surface area contributed by atoms with Crippen LogP contribution in [0.5, 0.6) is 0 Å². The first-order valence-corrected chi connectivity index (χ1v) is 21.4. The fourth-order valence-corrected chi connectivity index (χ4v) is 10.8. The molecule has 0 saturated heterocycles. The number of benzene rings is 10. The molecule has 5 heteroatoms. The number of fused-ring (bicyclic) bond motifs is 13. The Kier molecular flexibility index (Phi) is 7.44. The van der Waals surface area contributed by atoms with Gasteiger partial charge in [0.05, 0.1) is 5.69 Å². The van der Waals surface area contributed by atoms with E-state index in [1.165, 1.54) is 41.7 Å². The van der Waals surface area contributed by atoms with E-state index in [4.69, 9.17) is 8.83 Å². The van der Waals surface area contributed by atoms with Crippen molar-refractivity contribution in [3.05, 3.63) is 206 Å². The second kappa shape index (κ2) is 13.3. The number of furan rings is 2. The van der Waals surface area contributed by atoms with Crippen molar-refractivity contribution in [2.75, 3.05) is 9.80 Å². The Balaban J connectivity index is 1.14. The lowest BCUT2D eigenvalue weighted by Crippen LogP contribution is -2.13. The highest BCUT2D eigenvalue weighted by molar-refractivity contribution is 7.27. The molecule has 0 bridgehead atoms. The van der Waals surface area contributed by atoms with Crippen LogP contribution in [0.3, 0.4) is 0 Å². The van der Waals surface area contributed by atoms with Crippen molar-refractivity contribution < 1.29 is 8.83 Å². The largest absolute Gasteiger partial charge is 0.456 e. The Morgan fingerprint density at radius 2 is 0.820 bits per heavy atom. The van der Waals surface area contributed by atoms with Crippen LogP contribution in [0.2, 0.25) is 0 Å². The van der Waals surface area contributed by atoms with E-state index >= 15 is 0 Å². The molecule has 61 heavy (non-hydrogen) atoms. The van der Waals surface area contributed by atoms with Gasteiger partial charge in [-0.25, -0.2) is 0 Å². The summed E-state index contributed by atoms with van der Waals surface area (Å²) in [7, 11) is 0. The maximum atomic E-state index is 6.54. The molecule has 10 aromatic carbocycles. The molecule has 0 atom stereocenters. The summed E-state index contributed by atoms with van der Waals surface area (Å²) in [4.78, 5) is 4.77. The van der Waals surface area contributed by atoms with E-state index < -0.39 is 0 Å². The van der Waals surface area contributed by atoms with Gasteiger partial charge in [0.2, 0.25) is 0 Å². The predicted molar refractivity (Wildman–Crippen MR) is 258 cm³/mol. The minimum absolute atomic E-state index is 0.852. The van der Waals surface area contributed by atoms with Gasteiger partial charge in [-0.2, -0.15) is 0 Å². The molecule has 0 saturated carbocycles. The molecule has 0 aliphatic heterocycles. The Bertz CT molecular complexity index is 3850. The molecule has 286 valence electrons. The van der Waals surface area contributed by atoms with Crippen LogP contribution < -0.4 is 9.80 Å². The maximum Gasteiger partial charge on any atom is 0.137 e. The van der Waals surface area contributed by atoms with Gasteiger partial charge in [-0.05, 0) is 89.0 Å². The lowest BCUT2D eigenvalue weighted by molar-refractivity contribution is 0.668. The fraction of sp³-hybridized carbons (Fsp3) is 0. The average molecular weight is 799 g/mol. The number of rotatable bonds is 6. The maximum absolute atomic E-state index is 6.54. The summed E-state index contributed by atoms with van der Waals surface area (Å²) in [6, 6.07) is 73.8. The molecule has 0 unspecified atom stereocenters. The van der Waals surface area contributed by atoms with Crippen LogP contribution in [0.1, 0.15) is 0 Å². The molecule has 0 spiro atoms. The van der Waals surface area contributed by atoms with E-state index in [1.54, 1.807) is 0 Å². The van der Waals surface area contributed by atoms with Crippen molar-refractivity contribution in [1.29, 1.82) is 0 Å². The lowest BCUT2D eigenvalue weighted by Gasteiger charge is -2.30. The topological polar surface area (TPSA) is 32.8 Å². The van der Waals surface area contributed by atoms with Crippen molar-refractivity contribution in [2.24, 2.45) is 0 Å². The molecule has 13 aromatic rings. The number of anilines is 6. The first-order valence-electron chi connectivity index (χ1n) is 20.6. The number of hydrogen-bond donors (Lipinski definition) is 0. The summed E-state index contributed by atoms with van der Waals surface area (Å²) in [6.07, 6.45) is 0. The third kappa shape index (κ3) is 5.31. The predicted octanol–water partition coefficient (Wildman–Crippen LogP) is 17.1. The number of thiophene rings is 1. The van der Waals surface area contributed by atoms with E-state index in [2.05, 4.69) is 192 Å². The summed E-state index contributed by atoms with van der Waals surface area (Å²) in [5.41, 5.74) is 9.71. The number of hydrogen-bond acceptors (Lipinski definition) is 5. The average Bonchev–Trinajstić information content (AvgIpc) is 4.00. The Morgan fingerprint density at radius 1 is 0.311 bits per heavy atom. The SMILES string of the molecule is c1ccc(N(c2ccc3c(c2)oc2ccccc23)c2cc(N(c3ccccc3)c3ccc4c(c3)oc3ccccc34)c3c(c2)sc2c3ccc3ccc4ccccc4c32)cc1. The molecule has 0 aliphatic rings. The Morgan fingerprint density at radius 3 is 1.49 bits per heavy atom. The normalized spacial score (nSPS) is 11.9. The standard InChI is InChI=1S/C56H34N2O2S/c1-3-14-37(15-4-1)57(39-26-29-45-43-19-9-11-21-49(43)59-51(45)32-39)41-31-48(55-47-28-25-36-24-23-35-13-7-8-18-42(35)54(36)56(47)61-53(55)34-41)58(38-16-5-2-6-17-38)40-27-30-46-44-20-10-12-22-50(44)60-52(46)33-40/h1-34H. The van der Waals surface area contributed by atoms with Crippen LogP contribution >= 0.6 is 11.3 Å². The van der Waals surface area contributed by atoms with Gasteiger partial charge in [-0.1, -0.05) is 121 Å². The second-order valence-corrected chi connectivity index (χ2v) is 16.7. The van der Waals surface area contributed by atoms with E-state index in [-0.39, 0.29) is 0 Å². The zero-order valence-electron chi connectivity index (χ0n) is 32.7. The zero-order valence-corrected chi connectivity index (χ0v) is 33.6. The molecule has 3 heterocycles. The summed E-state index contributed by atoms with van der Waals surface area (Å²) >= 11 is 1.87.